The molecule has 0 aromatic heterocycles. The molecule has 2 saturated heterocycles. The van der Waals surface area contributed by atoms with Gasteiger partial charge in [0, 0.05) is 75.6 Å². The summed E-state index contributed by atoms with van der Waals surface area (Å²) in [6.07, 6.45) is 4.76. The smallest absolute Gasteiger partial charge is 0.245 e. The Bertz CT molecular complexity index is 1370. The second-order valence-corrected chi connectivity index (χ2v) is 14.0. The maximum absolute atomic E-state index is 14.9. The Kier molecular flexibility index (Phi) is 11.7. The van der Waals surface area contributed by atoms with E-state index in [0.717, 1.165) is 63.8 Å². The Balaban J connectivity index is 1.26. The molecular formula is C36H49ClFN5O3. The first-order valence-corrected chi connectivity index (χ1v) is 17.3. The molecule has 46 heavy (non-hydrogen) atoms. The molecule has 0 aliphatic carbocycles. The Morgan fingerprint density at radius 3 is 2.28 bits per heavy atom. The SMILES string of the molecule is CC(=O)N1CCC(N(CC(C)C)C2CCN(C(=O)C(Cc3ccc(Cl)cc3F)NC(=O)CC3NCCc4ccccc43)CC2)CC1. The van der Waals surface area contributed by atoms with Crippen LogP contribution in [-0.4, -0.2) is 89.8 Å². The first-order valence-electron chi connectivity index (χ1n) is 16.9. The summed E-state index contributed by atoms with van der Waals surface area (Å²) in [4.78, 5) is 45.8. The monoisotopic (exact) mass is 653 g/mol. The molecule has 0 radical (unpaired) electrons. The number of carbonyl (C=O) groups is 3. The largest absolute Gasteiger partial charge is 0.344 e. The van der Waals surface area contributed by atoms with Gasteiger partial charge in [-0.05, 0) is 73.4 Å². The number of hydrogen-bond donors (Lipinski definition) is 2. The van der Waals surface area contributed by atoms with E-state index in [1.54, 1.807) is 19.1 Å². The summed E-state index contributed by atoms with van der Waals surface area (Å²) >= 11 is 6.01. The van der Waals surface area contributed by atoms with E-state index in [4.69, 9.17) is 11.6 Å². The van der Waals surface area contributed by atoms with Crippen LogP contribution in [0.4, 0.5) is 4.39 Å². The van der Waals surface area contributed by atoms with E-state index in [2.05, 4.69) is 35.4 Å². The van der Waals surface area contributed by atoms with Crippen molar-refractivity contribution in [1.82, 2.24) is 25.3 Å². The van der Waals surface area contributed by atoms with Gasteiger partial charge in [-0.25, -0.2) is 4.39 Å². The molecule has 0 spiro atoms. The van der Waals surface area contributed by atoms with Crippen molar-refractivity contribution in [3.8, 4) is 0 Å². The Morgan fingerprint density at radius 2 is 1.65 bits per heavy atom. The molecule has 2 unspecified atom stereocenters. The Labute approximate surface area is 278 Å². The first-order chi connectivity index (χ1) is 22.1. The summed E-state index contributed by atoms with van der Waals surface area (Å²) in [6, 6.07) is 12.3. The maximum atomic E-state index is 14.9. The minimum Gasteiger partial charge on any atom is -0.344 e. The number of piperidine rings is 2. The zero-order valence-corrected chi connectivity index (χ0v) is 28.2. The molecule has 3 aliphatic rings. The highest BCUT2D eigenvalue weighted by Gasteiger charge is 2.36. The summed E-state index contributed by atoms with van der Waals surface area (Å²) < 4.78 is 14.9. The van der Waals surface area contributed by atoms with Crippen molar-refractivity contribution in [2.75, 3.05) is 39.3 Å². The lowest BCUT2D eigenvalue weighted by atomic mass is 9.92. The van der Waals surface area contributed by atoms with Gasteiger partial charge in [0.05, 0.1) is 0 Å². The molecule has 8 nitrogen and oxygen atoms in total. The Morgan fingerprint density at radius 1 is 1.00 bits per heavy atom. The summed E-state index contributed by atoms with van der Waals surface area (Å²) in [5.41, 5.74) is 2.68. The number of nitrogens with zero attached hydrogens (tertiary/aromatic N) is 3. The van der Waals surface area contributed by atoms with E-state index >= 15 is 0 Å². The van der Waals surface area contributed by atoms with E-state index in [9.17, 15) is 18.8 Å². The highest BCUT2D eigenvalue weighted by atomic mass is 35.5. The molecule has 0 bridgehead atoms. The van der Waals surface area contributed by atoms with Crippen LogP contribution in [-0.2, 0) is 27.2 Å². The molecule has 2 aromatic carbocycles. The van der Waals surface area contributed by atoms with Crippen molar-refractivity contribution in [2.24, 2.45) is 5.92 Å². The van der Waals surface area contributed by atoms with Crippen LogP contribution in [0.2, 0.25) is 5.02 Å². The van der Waals surface area contributed by atoms with Crippen LogP contribution in [0.15, 0.2) is 42.5 Å². The second-order valence-electron chi connectivity index (χ2n) is 13.6. The maximum Gasteiger partial charge on any atom is 0.245 e. The number of nitrogens with one attached hydrogen (secondary N) is 2. The molecule has 10 heteroatoms. The number of amides is 3. The Hall–Kier alpha value is -3.01. The summed E-state index contributed by atoms with van der Waals surface area (Å²) in [5, 5.41) is 6.73. The van der Waals surface area contributed by atoms with Crippen LogP contribution in [0.3, 0.4) is 0 Å². The average molecular weight is 654 g/mol. The van der Waals surface area contributed by atoms with Crippen LogP contribution < -0.4 is 10.6 Å². The van der Waals surface area contributed by atoms with Gasteiger partial charge in [-0.2, -0.15) is 0 Å². The molecule has 2 N–H and O–H groups in total. The van der Waals surface area contributed by atoms with Gasteiger partial charge in [-0.1, -0.05) is 55.8 Å². The highest BCUT2D eigenvalue weighted by molar-refractivity contribution is 6.30. The molecule has 3 aliphatic heterocycles. The second kappa shape index (κ2) is 15.7. The number of fused-ring (bicyclic) bond motifs is 1. The molecule has 2 atom stereocenters. The molecule has 250 valence electrons. The van der Waals surface area contributed by atoms with E-state index in [1.807, 2.05) is 28.0 Å². The summed E-state index contributed by atoms with van der Waals surface area (Å²) in [7, 11) is 0. The van der Waals surface area contributed by atoms with Crippen LogP contribution >= 0.6 is 11.6 Å². The number of halogens is 2. The van der Waals surface area contributed by atoms with Gasteiger partial charge in [0.15, 0.2) is 0 Å². The fourth-order valence-electron chi connectivity index (χ4n) is 7.49. The number of hydrogen-bond acceptors (Lipinski definition) is 5. The first kappa shape index (κ1) is 34.3. The van der Waals surface area contributed by atoms with E-state index < -0.39 is 11.9 Å². The molecule has 2 aromatic rings. The van der Waals surface area contributed by atoms with Crippen molar-refractivity contribution >= 4 is 29.3 Å². The van der Waals surface area contributed by atoms with Crippen LogP contribution in [0.5, 0.6) is 0 Å². The van der Waals surface area contributed by atoms with E-state index in [-0.39, 0.29) is 41.6 Å². The minimum absolute atomic E-state index is 0.0520. The van der Waals surface area contributed by atoms with Gasteiger partial charge in [0.1, 0.15) is 11.9 Å². The normalized spacial score (nSPS) is 20.1. The standard InChI is InChI=1S/C36H49ClFN5O3/c1-24(2)23-43(29-11-16-41(17-12-29)25(3)44)30-13-18-42(19-14-30)36(46)34(20-27-8-9-28(37)21-32(27)38)40-35(45)22-33-31-7-5-4-6-26(31)10-15-39-33/h4-9,21,24,29-30,33-34,39H,10-20,22-23H2,1-3H3,(H,40,45). The zero-order valence-electron chi connectivity index (χ0n) is 27.4. The molecule has 3 heterocycles. The topological polar surface area (TPSA) is 85.0 Å². The van der Waals surface area contributed by atoms with Gasteiger partial charge in [-0.3, -0.25) is 19.3 Å². The fourth-order valence-corrected chi connectivity index (χ4v) is 7.65. The number of carbonyl (C=O) groups excluding carboxylic acids is 3. The van der Waals surface area contributed by atoms with Gasteiger partial charge < -0.3 is 20.4 Å². The van der Waals surface area contributed by atoms with Crippen LogP contribution in [0, 0.1) is 11.7 Å². The third kappa shape index (κ3) is 8.66. The van der Waals surface area contributed by atoms with Crippen molar-refractivity contribution in [1.29, 1.82) is 0 Å². The molecule has 5 rings (SSSR count). The zero-order chi connectivity index (χ0) is 32.8. The quantitative estimate of drug-likeness (QED) is 0.387. The lowest BCUT2D eigenvalue weighted by molar-refractivity contribution is -0.138. The molecule has 0 saturated carbocycles. The predicted octanol–water partition coefficient (Wildman–Crippen LogP) is 4.74. The lowest BCUT2D eigenvalue weighted by Crippen LogP contribution is -2.56. The van der Waals surface area contributed by atoms with E-state index in [1.165, 1.54) is 11.6 Å². The highest BCUT2D eigenvalue weighted by Crippen LogP contribution is 2.28. The average Bonchev–Trinajstić information content (AvgIpc) is 3.04. The molecule has 2 fully saturated rings. The van der Waals surface area contributed by atoms with Crippen molar-refractivity contribution in [2.45, 2.75) is 89.9 Å². The van der Waals surface area contributed by atoms with Crippen LogP contribution in [0.25, 0.3) is 0 Å². The van der Waals surface area contributed by atoms with E-state index in [0.29, 0.717) is 36.7 Å². The number of rotatable bonds is 10. The third-order valence-electron chi connectivity index (χ3n) is 9.88. The van der Waals surface area contributed by atoms with Gasteiger partial charge >= 0.3 is 0 Å². The van der Waals surface area contributed by atoms with Crippen molar-refractivity contribution in [3.05, 3.63) is 70.0 Å². The number of likely N-dealkylation sites (tertiary alicyclic amines) is 2. The van der Waals surface area contributed by atoms with Gasteiger partial charge in [0.2, 0.25) is 17.7 Å². The predicted molar refractivity (Wildman–Crippen MR) is 179 cm³/mol. The molecule has 3 amide bonds. The number of benzene rings is 2. The van der Waals surface area contributed by atoms with Gasteiger partial charge in [-0.15, -0.1) is 0 Å². The molecular weight excluding hydrogens is 605 g/mol. The van der Waals surface area contributed by atoms with Crippen LogP contribution in [0.1, 0.15) is 75.6 Å². The summed E-state index contributed by atoms with van der Waals surface area (Å²) in [5.74, 6) is -0.257. The third-order valence-corrected chi connectivity index (χ3v) is 10.1. The summed E-state index contributed by atoms with van der Waals surface area (Å²) in [6.45, 7) is 10.6. The minimum atomic E-state index is -0.888. The van der Waals surface area contributed by atoms with Crippen molar-refractivity contribution < 1.29 is 18.8 Å². The lowest BCUT2D eigenvalue weighted by Gasteiger charge is -2.46. The fraction of sp³-hybridized carbons (Fsp3) is 0.583. The van der Waals surface area contributed by atoms with Gasteiger partial charge in [0.25, 0.3) is 0 Å². The van der Waals surface area contributed by atoms with Crippen molar-refractivity contribution in [3.63, 3.8) is 0 Å².